The quantitative estimate of drug-likeness (QED) is 0.874. The van der Waals surface area contributed by atoms with Crippen LogP contribution in [0, 0.1) is 5.82 Å². The molecule has 20 heavy (non-hydrogen) atoms. The average molecular weight is 357 g/mol. The van der Waals surface area contributed by atoms with Gasteiger partial charge in [-0.2, -0.15) is 0 Å². The van der Waals surface area contributed by atoms with Crippen LogP contribution < -0.4 is 10.5 Å². The number of nitrogens with two attached hydrogens (primary N) is 1. The summed E-state index contributed by atoms with van der Waals surface area (Å²) < 4.78 is 20.7. The van der Waals surface area contributed by atoms with E-state index in [-0.39, 0.29) is 5.02 Å². The van der Waals surface area contributed by atoms with E-state index >= 15 is 0 Å². The first-order valence-corrected chi connectivity index (χ1v) is 7.39. The molecule has 0 bridgehead atoms. The molecule has 1 unspecified atom stereocenters. The van der Waals surface area contributed by atoms with Crippen LogP contribution >= 0.6 is 27.5 Å². The van der Waals surface area contributed by atoms with Gasteiger partial charge in [0.2, 0.25) is 0 Å². The van der Waals surface area contributed by atoms with Crippen molar-refractivity contribution in [3.63, 3.8) is 0 Å². The van der Waals surface area contributed by atoms with Crippen LogP contribution in [0.15, 0.2) is 34.8 Å². The lowest BCUT2D eigenvalue weighted by atomic mass is 9.96. The van der Waals surface area contributed by atoms with Crippen LogP contribution in [0.25, 0.3) is 0 Å². The fraction of sp³-hybridized carbons (Fsp3) is 0.200. The lowest BCUT2D eigenvalue weighted by Crippen LogP contribution is -2.15. The van der Waals surface area contributed by atoms with E-state index in [9.17, 15) is 4.39 Å². The average Bonchev–Trinajstić information content (AvgIpc) is 2.88. The van der Waals surface area contributed by atoms with Crippen molar-refractivity contribution < 1.29 is 9.13 Å². The van der Waals surface area contributed by atoms with Gasteiger partial charge in [0, 0.05) is 22.0 Å². The summed E-state index contributed by atoms with van der Waals surface area (Å²) in [5.74, 6) is 0.286. The van der Waals surface area contributed by atoms with E-state index in [2.05, 4.69) is 15.9 Å². The molecular weight excluding hydrogens is 345 g/mol. The highest BCUT2D eigenvalue weighted by Crippen LogP contribution is 2.38. The smallest absolute Gasteiger partial charge is 0.146 e. The number of hydrogen-bond acceptors (Lipinski definition) is 2. The number of benzene rings is 2. The zero-order valence-corrected chi connectivity index (χ0v) is 12.8. The molecule has 2 aromatic carbocycles. The van der Waals surface area contributed by atoms with Crippen molar-refractivity contribution in [2.45, 2.75) is 12.5 Å². The Labute approximate surface area is 129 Å². The first kappa shape index (κ1) is 13.9. The zero-order valence-electron chi connectivity index (χ0n) is 10.5. The van der Waals surface area contributed by atoms with Crippen molar-refractivity contribution >= 4 is 27.5 Å². The zero-order chi connectivity index (χ0) is 14.3. The number of halogens is 3. The van der Waals surface area contributed by atoms with Gasteiger partial charge in [0.25, 0.3) is 0 Å². The molecule has 0 aromatic heterocycles. The Balaban J connectivity index is 2.11. The van der Waals surface area contributed by atoms with Gasteiger partial charge in [0.15, 0.2) is 0 Å². The van der Waals surface area contributed by atoms with Crippen molar-refractivity contribution in [1.82, 2.24) is 0 Å². The third-order valence-electron chi connectivity index (χ3n) is 3.43. The normalized spacial score (nSPS) is 14.8. The molecule has 1 heterocycles. The van der Waals surface area contributed by atoms with Crippen molar-refractivity contribution in [2.75, 3.05) is 6.61 Å². The monoisotopic (exact) mass is 355 g/mol. The molecule has 3 rings (SSSR count). The molecule has 0 spiro atoms. The second-order valence-electron chi connectivity index (χ2n) is 4.70. The van der Waals surface area contributed by atoms with Gasteiger partial charge in [-0.15, -0.1) is 0 Å². The van der Waals surface area contributed by atoms with Gasteiger partial charge < -0.3 is 10.5 Å². The summed E-state index contributed by atoms with van der Waals surface area (Å²) in [5.41, 5.74) is 8.46. The van der Waals surface area contributed by atoms with Gasteiger partial charge in [-0.1, -0.05) is 39.7 Å². The van der Waals surface area contributed by atoms with Crippen molar-refractivity contribution in [2.24, 2.45) is 5.73 Å². The van der Waals surface area contributed by atoms with Crippen molar-refractivity contribution in [1.29, 1.82) is 0 Å². The largest absolute Gasteiger partial charge is 0.493 e. The van der Waals surface area contributed by atoms with E-state index in [0.717, 1.165) is 27.8 Å². The number of hydrogen-bond donors (Lipinski definition) is 1. The summed E-state index contributed by atoms with van der Waals surface area (Å²) >= 11 is 9.28. The van der Waals surface area contributed by atoms with Crippen LogP contribution in [0.1, 0.15) is 22.7 Å². The van der Waals surface area contributed by atoms with Gasteiger partial charge in [-0.25, -0.2) is 4.39 Å². The van der Waals surface area contributed by atoms with Crippen molar-refractivity contribution in [3.05, 3.63) is 62.3 Å². The Morgan fingerprint density at radius 1 is 1.30 bits per heavy atom. The Kier molecular flexibility index (Phi) is 3.71. The van der Waals surface area contributed by atoms with E-state index in [1.54, 1.807) is 12.1 Å². The summed E-state index contributed by atoms with van der Waals surface area (Å²) in [4.78, 5) is 0. The summed E-state index contributed by atoms with van der Waals surface area (Å²) in [6, 6.07) is 8.11. The fourth-order valence-electron chi connectivity index (χ4n) is 2.46. The van der Waals surface area contributed by atoms with Crippen LogP contribution in [0.3, 0.4) is 0 Å². The highest BCUT2D eigenvalue weighted by Gasteiger charge is 2.24. The van der Waals surface area contributed by atoms with Crippen LogP contribution in [-0.2, 0) is 6.42 Å². The summed E-state index contributed by atoms with van der Waals surface area (Å²) in [7, 11) is 0. The lowest BCUT2D eigenvalue weighted by molar-refractivity contribution is 0.352. The SMILES string of the molecule is NC(c1cccc(Cl)c1F)c1cc(Br)cc2c1OCC2. The fourth-order valence-corrected chi connectivity index (χ4v) is 3.16. The highest BCUT2D eigenvalue weighted by atomic mass is 79.9. The molecule has 0 saturated heterocycles. The Hall–Kier alpha value is -1.10. The minimum absolute atomic E-state index is 0.0745. The second kappa shape index (κ2) is 5.35. The lowest BCUT2D eigenvalue weighted by Gasteiger charge is -2.17. The van der Waals surface area contributed by atoms with Gasteiger partial charge in [-0.05, 0) is 23.8 Å². The molecule has 2 nitrogen and oxygen atoms in total. The Bertz CT molecular complexity index is 677. The van der Waals surface area contributed by atoms with Gasteiger partial charge >= 0.3 is 0 Å². The minimum atomic E-state index is -0.613. The van der Waals surface area contributed by atoms with Crippen LogP contribution in [-0.4, -0.2) is 6.61 Å². The van der Waals surface area contributed by atoms with Crippen LogP contribution in [0.4, 0.5) is 4.39 Å². The van der Waals surface area contributed by atoms with E-state index in [4.69, 9.17) is 22.1 Å². The second-order valence-corrected chi connectivity index (χ2v) is 6.03. The maximum atomic E-state index is 14.1. The van der Waals surface area contributed by atoms with E-state index in [1.165, 1.54) is 6.07 Å². The molecule has 1 atom stereocenters. The summed E-state index contributed by atoms with van der Waals surface area (Å²) in [6.45, 7) is 0.629. The molecule has 1 aliphatic rings. The first-order chi connectivity index (χ1) is 9.58. The van der Waals surface area contributed by atoms with Crippen LogP contribution in [0.2, 0.25) is 5.02 Å². The topological polar surface area (TPSA) is 35.2 Å². The predicted octanol–water partition coefficient (Wildman–Crippen LogP) is 4.22. The Morgan fingerprint density at radius 2 is 2.10 bits per heavy atom. The molecule has 0 saturated carbocycles. The van der Waals surface area contributed by atoms with E-state index in [1.807, 2.05) is 12.1 Å². The number of ether oxygens (including phenoxy) is 1. The highest BCUT2D eigenvalue weighted by molar-refractivity contribution is 9.10. The maximum Gasteiger partial charge on any atom is 0.146 e. The molecule has 1 aliphatic heterocycles. The van der Waals surface area contributed by atoms with Crippen molar-refractivity contribution in [3.8, 4) is 5.75 Å². The van der Waals surface area contributed by atoms with Crippen LogP contribution in [0.5, 0.6) is 5.75 Å². The molecule has 0 radical (unpaired) electrons. The molecule has 5 heteroatoms. The number of fused-ring (bicyclic) bond motifs is 1. The van der Waals surface area contributed by atoms with E-state index < -0.39 is 11.9 Å². The third-order valence-corrected chi connectivity index (χ3v) is 4.18. The third kappa shape index (κ3) is 2.32. The molecule has 0 amide bonds. The summed E-state index contributed by atoms with van der Waals surface area (Å²) in [5, 5.41) is 0.0745. The molecule has 0 fully saturated rings. The maximum absolute atomic E-state index is 14.1. The standard InChI is InChI=1S/C15H12BrClFNO/c16-9-6-8-4-5-20-15(8)11(7-9)14(19)10-2-1-3-12(17)13(10)18/h1-3,6-7,14H,4-5,19H2. The van der Waals surface area contributed by atoms with Gasteiger partial charge in [0.1, 0.15) is 11.6 Å². The minimum Gasteiger partial charge on any atom is -0.493 e. The molecule has 104 valence electrons. The first-order valence-electron chi connectivity index (χ1n) is 6.22. The molecular formula is C15H12BrClFNO. The van der Waals surface area contributed by atoms with Gasteiger partial charge in [0.05, 0.1) is 17.7 Å². The van der Waals surface area contributed by atoms with Gasteiger partial charge in [-0.3, -0.25) is 0 Å². The van der Waals surface area contributed by atoms with E-state index in [0.29, 0.717) is 12.2 Å². The predicted molar refractivity (Wildman–Crippen MR) is 80.8 cm³/mol. The molecule has 2 N–H and O–H groups in total. The summed E-state index contributed by atoms with van der Waals surface area (Å²) in [6.07, 6.45) is 0.840. The molecule has 2 aromatic rings. The molecule has 0 aliphatic carbocycles. The number of rotatable bonds is 2. The Morgan fingerprint density at radius 3 is 2.90 bits per heavy atom.